The Kier molecular flexibility index (Phi) is 330. The highest BCUT2D eigenvalue weighted by atomic mass is 35.5. The Labute approximate surface area is 320 Å². The van der Waals surface area contributed by atoms with Crippen molar-refractivity contribution in [2.45, 2.75) is 95.9 Å². The lowest BCUT2D eigenvalue weighted by Gasteiger charge is -1.95. The van der Waals surface area contributed by atoms with Gasteiger partial charge in [-0.2, -0.15) is 60.5 Å². The van der Waals surface area contributed by atoms with Gasteiger partial charge in [0.05, 0.1) is 14.2 Å². The second-order valence-electron chi connectivity index (χ2n) is 5.78. The quantitative estimate of drug-likeness (QED) is 0.0734. The van der Waals surface area contributed by atoms with Gasteiger partial charge in [0.25, 0.3) is 0 Å². The molecule has 0 saturated heterocycles. The van der Waals surface area contributed by atoms with Crippen molar-refractivity contribution < 1.29 is 29.3 Å². The summed E-state index contributed by atoms with van der Waals surface area (Å²) in [6.07, 6.45) is 7.40. The van der Waals surface area contributed by atoms with Crippen molar-refractivity contribution in [3.8, 4) is 0 Å². The maximum atomic E-state index is 9.74. The van der Waals surface area contributed by atoms with Gasteiger partial charge in [0.15, 0.2) is 0 Å². The van der Waals surface area contributed by atoms with Crippen molar-refractivity contribution in [3.05, 3.63) is 0 Å². The average molecular weight is 792 g/mol. The van der Waals surface area contributed by atoms with E-state index >= 15 is 0 Å². The molecule has 5 N–H and O–H groups in total. The van der Waals surface area contributed by atoms with Crippen LogP contribution in [0.1, 0.15) is 95.9 Å². The van der Waals surface area contributed by atoms with Crippen LogP contribution < -0.4 is 11.1 Å². The third-order valence-corrected chi connectivity index (χ3v) is 3.98. The molecule has 0 amide bonds. The molecule has 0 unspecified atom stereocenters. The number of carbonyl (C=O) groups excluding carboxylic acids is 2. The number of thioether (sulfide) groups is 3. The van der Waals surface area contributed by atoms with Gasteiger partial charge in [-0.3, -0.25) is 0 Å². The number of alkyl halides is 1. The van der Waals surface area contributed by atoms with Gasteiger partial charge in [0, 0.05) is 19.1 Å². The molecule has 8 nitrogen and oxygen atoms in total. The molecule has 0 atom stereocenters. The fourth-order valence-corrected chi connectivity index (χ4v) is 1.95. The minimum atomic E-state index is -0.657. The molecule has 0 fully saturated rings. The van der Waals surface area contributed by atoms with E-state index in [-0.39, 0.29) is 5.48 Å². The Morgan fingerprint density at radius 1 is 0.739 bits per heavy atom. The highest BCUT2D eigenvalue weighted by Crippen LogP contribution is 1.93. The van der Waals surface area contributed by atoms with Gasteiger partial charge >= 0.3 is 6.16 Å². The summed E-state index contributed by atoms with van der Waals surface area (Å²) < 4.78 is 13.2. The van der Waals surface area contributed by atoms with E-state index in [1.165, 1.54) is 44.3 Å². The Morgan fingerprint density at radius 3 is 0.978 bits per heavy atom. The van der Waals surface area contributed by atoms with E-state index in [4.69, 9.17) is 21.1 Å². The monoisotopic (exact) mass is 790 g/mol. The van der Waals surface area contributed by atoms with Gasteiger partial charge in [0.2, 0.25) is 0 Å². The maximum Gasteiger partial charge on any atom is 0.507 e. The third kappa shape index (κ3) is 392. The zero-order valence-corrected chi connectivity index (χ0v) is 38.8. The molecule has 0 saturated carbocycles. The van der Waals surface area contributed by atoms with Crippen LogP contribution in [-0.4, -0.2) is 119 Å². The lowest BCUT2D eigenvalue weighted by molar-refractivity contribution is -0.0980. The predicted octanol–water partition coefficient (Wildman–Crippen LogP) is 9.65. The van der Waals surface area contributed by atoms with Crippen LogP contribution in [0.15, 0.2) is 0 Å². The normalized spacial score (nSPS) is 6.74. The zero-order valence-electron chi connectivity index (χ0n) is 33.8. The average Bonchev–Trinajstić information content (AvgIpc) is 3.08. The van der Waals surface area contributed by atoms with Gasteiger partial charge in [0.1, 0.15) is 6.79 Å². The van der Waals surface area contributed by atoms with Gasteiger partial charge in [-0.25, -0.2) is 4.79 Å². The van der Waals surface area contributed by atoms with E-state index in [0.717, 1.165) is 50.8 Å². The first-order valence-electron chi connectivity index (χ1n) is 15.7. The molecule has 0 aliphatic carbocycles. The van der Waals surface area contributed by atoms with Gasteiger partial charge < -0.3 is 35.5 Å². The molecule has 0 bridgehead atoms. The number of hydrogen-bond donors (Lipinski definition) is 4. The van der Waals surface area contributed by atoms with Crippen molar-refractivity contribution in [1.29, 1.82) is 0 Å². The van der Waals surface area contributed by atoms with Crippen LogP contribution in [0.4, 0.5) is 4.79 Å². The van der Waals surface area contributed by atoms with Crippen molar-refractivity contribution in [2.75, 3.05) is 101 Å². The number of carbonyl (C=O) groups is 2. The Bertz CT molecular complexity index is 270. The van der Waals surface area contributed by atoms with Gasteiger partial charge in [-0.15, -0.1) is 11.6 Å². The summed E-state index contributed by atoms with van der Waals surface area (Å²) in [7, 11) is 4.01. The van der Waals surface area contributed by atoms with Gasteiger partial charge in [-0.1, -0.05) is 83.1 Å². The minimum Gasteiger partial charge on any atom is -0.438 e. The van der Waals surface area contributed by atoms with Crippen molar-refractivity contribution in [1.82, 2.24) is 5.32 Å². The highest BCUT2D eigenvalue weighted by molar-refractivity contribution is 7.99. The number of methoxy groups -OCH3 is 2. The molecule has 0 aliphatic rings. The van der Waals surface area contributed by atoms with E-state index in [2.05, 4.69) is 101 Å². The minimum absolute atomic E-state index is 0. The van der Waals surface area contributed by atoms with Crippen LogP contribution in [0.3, 0.4) is 0 Å². The molecule has 0 radical (unpaired) electrons. The summed E-state index contributed by atoms with van der Waals surface area (Å²) in [4.78, 5) is 17.7. The van der Waals surface area contributed by atoms with E-state index in [9.17, 15) is 4.79 Å². The van der Waals surface area contributed by atoms with Crippen molar-refractivity contribution in [3.63, 3.8) is 0 Å². The summed E-state index contributed by atoms with van der Waals surface area (Å²) >= 11 is 18.0. The molecular weight excluding hydrogens is 704 g/mol. The smallest absolute Gasteiger partial charge is 0.438 e. The Balaban J connectivity index is -0.0000000241. The number of hydrogen-bond acceptors (Lipinski definition) is 12. The molecule has 46 heavy (non-hydrogen) atoms. The second-order valence-corrected chi connectivity index (χ2v) is 10.9. The third-order valence-electron chi connectivity index (χ3n) is 2.35. The van der Waals surface area contributed by atoms with Crippen LogP contribution in [0.2, 0.25) is 0 Å². The summed E-state index contributed by atoms with van der Waals surface area (Å²) in [6, 6.07) is 0. The van der Waals surface area contributed by atoms with Crippen molar-refractivity contribution in [2.24, 2.45) is 5.73 Å². The van der Waals surface area contributed by atoms with E-state index in [0.29, 0.717) is 0 Å². The van der Waals surface area contributed by atoms with E-state index < -0.39 is 6.16 Å². The number of rotatable bonds is 10. The first-order chi connectivity index (χ1) is 21.7. The van der Waals surface area contributed by atoms with Crippen LogP contribution in [-0.2, 0) is 19.0 Å². The molecule has 0 spiro atoms. The van der Waals surface area contributed by atoms with Crippen LogP contribution in [0, 0.1) is 0 Å². The number of nitrogens with one attached hydrogen (secondary N) is 1. The Hall–Kier alpha value is 0.820. The number of ether oxygens (including phenoxy) is 3. The fraction of sp³-hybridized carbons (Fsp3) is 0.938. The number of nitrogens with two attached hydrogens (primary N) is 1. The fourth-order valence-electron chi connectivity index (χ4n) is 1.13. The molecule has 0 rings (SSSR count). The first-order valence-corrected chi connectivity index (χ1v) is 21.7. The SMILES string of the molecule is C=O.CC.CCCOCCC.CCCl.CCNCC.CCS.CCSCC.CCSCC.CN.COC(=O)OC.CS.CSC.O. The molecule has 14 heteroatoms. The van der Waals surface area contributed by atoms with Crippen molar-refractivity contribution >= 4 is 85.1 Å². The summed E-state index contributed by atoms with van der Waals surface area (Å²) in [5, 5.41) is 3.11. The molecule has 0 heterocycles. The molecule has 0 aromatic carbocycles. The largest absolute Gasteiger partial charge is 0.507 e. The number of thiol groups is 2. The zero-order chi connectivity index (χ0) is 39.0. The first kappa shape index (κ1) is 85.9. The number of halogens is 1. The lowest BCUT2D eigenvalue weighted by Crippen LogP contribution is -2.09. The lowest BCUT2D eigenvalue weighted by atomic mass is 10.5. The van der Waals surface area contributed by atoms with Crippen LogP contribution >= 0.6 is 72.1 Å². The van der Waals surface area contributed by atoms with Crippen LogP contribution in [0.5, 0.6) is 0 Å². The van der Waals surface area contributed by atoms with E-state index in [1.807, 2.05) is 70.5 Å². The van der Waals surface area contributed by atoms with Crippen LogP contribution in [0.25, 0.3) is 0 Å². The van der Waals surface area contributed by atoms with Gasteiger partial charge in [-0.05, 0) is 80.5 Å². The highest BCUT2D eigenvalue weighted by Gasteiger charge is 1.88. The second kappa shape index (κ2) is 177. The predicted molar refractivity (Wildman–Crippen MR) is 235 cm³/mol. The maximum absolute atomic E-state index is 9.74. The summed E-state index contributed by atoms with van der Waals surface area (Å²) in [5.74, 6) is 6.71. The molecule has 0 aromatic heterocycles. The Morgan fingerprint density at radius 2 is 0.935 bits per heavy atom. The van der Waals surface area contributed by atoms with E-state index in [1.54, 1.807) is 18.0 Å². The summed E-state index contributed by atoms with van der Waals surface area (Å²) in [5.41, 5.74) is 4.50. The molecule has 0 aliphatic heterocycles. The molecular formula is C32H87ClN2O6S5. The standard InChI is InChI=1S/C6H14O.C4H11N.2C4H10S.C3H6O3.C2H5Cl.2C2H6S.C2H6.CH5N.CH2O.CH4S.H2O/c1-3-5-7-6-4-2;3*1-3-5-4-2;1-5-3(4)6-2;1-2-3;1-3-2;1-2-3;4*1-2;/h3-6H2,1-2H3;5H,3-4H2,1-2H3;2*3-4H2,1-2H3;1-2H3;2H2,1H3;1-2H3;3H,2H2,1H3;1-2H3;2H2,1H3;1H2;2H,1H3;1H2. The summed E-state index contributed by atoms with van der Waals surface area (Å²) in [6.45, 7) is 31.1. The topological polar surface area (TPSA) is 131 Å². The molecule has 298 valence electrons. The molecule has 0 aromatic rings.